The molecule has 0 radical (unpaired) electrons. The van der Waals surface area contributed by atoms with Crippen LogP contribution in [0, 0.1) is 0 Å². The first-order valence-corrected chi connectivity index (χ1v) is 7.52. The molecule has 5 heteroatoms. The molecule has 0 spiro atoms. The molecule has 2 rings (SSSR count). The van der Waals surface area contributed by atoms with Crippen molar-refractivity contribution in [2.24, 2.45) is 0 Å². The van der Waals surface area contributed by atoms with Crippen LogP contribution >= 0.6 is 0 Å². The Balaban J connectivity index is 2.22. The Labute approximate surface area is 127 Å². The van der Waals surface area contributed by atoms with Crippen molar-refractivity contribution in [3.05, 3.63) is 23.8 Å². The number of phenols is 1. The second-order valence-corrected chi connectivity index (χ2v) is 6.21. The van der Waals surface area contributed by atoms with Crippen LogP contribution in [0.5, 0.6) is 5.75 Å². The van der Waals surface area contributed by atoms with E-state index in [4.69, 9.17) is 0 Å². The van der Waals surface area contributed by atoms with Crippen molar-refractivity contribution in [1.29, 1.82) is 0 Å². The van der Waals surface area contributed by atoms with Crippen LogP contribution < -0.4 is 10.2 Å². The molecule has 1 aromatic carbocycles. The van der Waals surface area contributed by atoms with E-state index in [0.29, 0.717) is 12.3 Å². The molecule has 3 atom stereocenters. The summed E-state index contributed by atoms with van der Waals surface area (Å²) in [4.78, 5) is 4.32. The molecule has 0 amide bonds. The maximum Gasteiger partial charge on any atom is 0.122 e. The first kappa shape index (κ1) is 16.1. The van der Waals surface area contributed by atoms with Gasteiger partial charge in [-0.15, -0.1) is 0 Å². The number of rotatable bonds is 5. The topological polar surface area (TPSA) is 59.0 Å². The highest BCUT2D eigenvalue weighted by atomic mass is 16.3. The van der Waals surface area contributed by atoms with Crippen molar-refractivity contribution in [3.63, 3.8) is 0 Å². The lowest BCUT2D eigenvalue weighted by Gasteiger charge is -2.29. The molecule has 0 bridgehead atoms. The first-order chi connectivity index (χ1) is 9.92. The van der Waals surface area contributed by atoms with Crippen LogP contribution in [0.1, 0.15) is 24.9 Å². The average Bonchev–Trinajstić information content (AvgIpc) is 2.77. The molecule has 0 aromatic heterocycles. The number of hydrogen-bond acceptors (Lipinski definition) is 5. The smallest absolute Gasteiger partial charge is 0.122 e. The Bertz CT molecular complexity index is 479. The number of nitrogens with zero attached hydrogens (tertiary/aromatic N) is 2. The van der Waals surface area contributed by atoms with E-state index in [-0.39, 0.29) is 18.2 Å². The minimum atomic E-state index is -0.298. The van der Waals surface area contributed by atoms with Crippen LogP contribution in [-0.4, -0.2) is 61.5 Å². The second kappa shape index (κ2) is 6.64. The molecule has 0 aliphatic carbocycles. The largest absolute Gasteiger partial charge is 0.508 e. The van der Waals surface area contributed by atoms with Gasteiger partial charge in [-0.2, -0.15) is 0 Å². The third-order valence-corrected chi connectivity index (χ3v) is 4.21. The lowest BCUT2D eigenvalue weighted by Crippen LogP contribution is -2.37. The van der Waals surface area contributed by atoms with Crippen molar-refractivity contribution >= 4 is 5.69 Å². The van der Waals surface area contributed by atoms with Crippen LogP contribution in [0.3, 0.4) is 0 Å². The Morgan fingerprint density at radius 2 is 2.14 bits per heavy atom. The van der Waals surface area contributed by atoms with E-state index in [0.717, 1.165) is 24.2 Å². The summed E-state index contributed by atoms with van der Waals surface area (Å²) in [5.41, 5.74) is 1.87. The zero-order valence-corrected chi connectivity index (χ0v) is 13.4. The number of nitrogens with one attached hydrogen (secondary N) is 1. The molecule has 1 aliphatic rings. The van der Waals surface area contributed by atoms with Crippen molar-refractivity contribution in [1.82, 2.24) is 10.2 Å². The van der Waals surface area contributed by atoms with Crippen LogP contribution in [-0.2, 0) is 0 Å². The summed E-state index contributed by atoms with van der Waals surface area (Å²) in [5.74, 6) is 0.305. The molecule has 3 unspecified atom stereocenters. The highest BCUT2D eigenvalue weighted by Crippen LogP contribution is 2.32. The van der Waals surface area contributed by atoms with E-state index in [2.05, 4.69) is 15.1 Å². The maximum atomic E-state index is 10.2. The maximum absolute atomic E-state index is 10.2. The summed E-state index contributed by atoms with van der Waals surface area (Å²) >= 11 is 0. The number of anilines is 1. The number of hydrogen-bond donors (Lipinski definition) is 3. The van der Waals surface area contributed by atoms with Gasteiger partial charge in [0.25, 0.3) is 0 Å². The number of phenolic OH excluding ortho intramolecular Hbond substituents is 1. The standard InChI is InChI=1S/C16H27N3O2/c1-11(17-2)15-6-5-12(8-16(15)21)19-10-14(20)7-13(19)9-18(3)4/h5-6,8,11,13-14,17,20-21H,7,9-10H2,1-4H3. The van der Waals surface area contributed by atoms with Gasteiger partial charge in [0, 0.05) is 42.5 Å². The average molecular weight is 293 g/mol. The predicted molar refractivity (Wildman–Crippen MR) is 85.9 cm³/mol. The molecular formula is C16H27N3O2. The lowest BCUT2D eigenvalue weighted by atomic mass is 10.1. The number of aliphatic hydroxyl groups excluding tert-OH is 1. The van der Waals surface area contributed by atoms with E-state index in [1.165, 1.54) is 0 Å². The number of aliphatic hydroxyl groups is 1. The molecule has 1 aliphatic heterocycles. The highest BCUT2D eigenvalue weighted by molar-refractivity contribution is 5.55. The molecule has 1 heterocycles. The third kappa shape index (κ3) is 3.67. The molecule has 0 saturated carbocycles. The Morgan fingerprint density at radius 1 is 1.43 bits per heavy atom. The van der Waals surface area contributed by atoms with Gasteiger partial charge in [0.2, 0.25) is 0 Å². The molecule has 21 heavy (non-hydrogen) atoms. The van der Waals surface area contributed by atoms with Crippen LogP contribution in [0.25, 0.3) is 0 Å². The summed E-state index contributed by atoms with van der Waals surface area (Å²) in [6, 6.07) is 6.19. The molecule has 1 saturated heterocycles. The van der Waals surface area contributed by atoms with Gasteiger partial charge in [-0.05, 0) is 40.6 Å². The quantitative estimate of drug-likeness (QED) is 0.761. The predicted octanol–water partition coefficient (Wildman–Crippen LogP) is 1.17. The van der Waals surface area contributed by atoms with E-state index in [9.17, 15) is 10.2 Å². The first-order valence-electron chi connectivity index (χ1n) is 7.52. The van der Waals surface area contributed by atoms with E-state index < -0.39 is 0 Å². The van der Waals surface area contributed by atoms with E-state index >= 15 is 0 Å². The van der Waals surface area contributed by atoms with Crippen molar-refractivity contribution in [2.75, 3.05) is 39.1 Å². The lowest BCUT2D eigenvalue weighted by molar-refractivity contribution is 0.191. The Kier molecular flexibility index (Phi) is 5.08. The van der Waals surface area contributed by atoms with Crippen molar-refractivity contribution in [2.45, 2.75) is 31.5 Å². The fourth-order valence-corrected chi connectivity index (χ4v) is 3.04. The second-order valence-electron chi connectivity index (χ2n) is 6.21. The molecule has 1 fully saturated rings. The van der Waals surface area contributed by atoms with Gasteiger partial charge in [0.05, 0.1) is 6.10 Å². The van der Waals surface area contributed by atoms with Crippen LogP contribution in [0.15, 0.2) is 18.2 Å². The number of aromatic hydroxyl groups is 1. The van der Waals surface area contributed by atoms with Crippen molar-refractivity contribution in [3.8, 4) is 5.75 Å². The molecular weight excluding hydrogens is 266 g/mol. The fourth-order valence-electron chi connectivity index (χ4n) is 3.04. The number of β-amino-alcohol motifs (C(OH)–C–C–N with tert-alkyl or cyclic N) is 1. The number of likely N-dealkylation sites (N-methyl/N-ethyl adjacent to an activating group) is 1. The van der Waals surface area contributed by atoms with Crippen LogP contribution in [0.4, 0.5) is 5.69 Å². The van der Waals surface area contributed by atoms with Crippen molar-refractivity contribution < 1.29 is 10.2 Å². The molecule has 118 valence electrons. The van der Waals surface area contributed by atoms with Gasteiger partial charge in [-0.1, -0.05) is 6.07 Å². The zero-order chi connectivity index (χ0) is 15.6. The van der Waals surface area contributed by atoms with Gasteiger partial charge < -0.3 is 25.3 Å². The molecule has 3 N–H and O–H groups in total. The molecule has 1 aromatic rings. The highest BCUT2D eigenvalue weighted by Gasteiger charge is 2.31. The van der Waals surface area contributed by atoms with Gasteiger partial charge >= 0.3 is 0 Å². The Morgan fingerprint density at radius 3 is 2.71 bits per heavy atom. The SMILES string of the molecule is CNC(C)c1ccc(N2CC(O)CC2CN(C)C)cc1O. The van der Waals surface area contributed by atoms with Gasteiger partial charge in [0.15, 0.2) is 0 Å². The monoisotopic (exact) mass is 293 g/mol. The van der Waals surface area contributed by atoms with Gasteiger partial charge in [0.1, 0.15) is 5.75 Å². The normalized spacial score (nSPS) is 23.8. The Hall–Kier alpha value is -1.30. The minimum Gasteiger partial charge on any atom is -0.508 e. The van der Waals surface area contributed by atoms with Crippen LogP contribution in [0.2, 0.25) is 0 Å². The molecule has 5 nitrogen and oxygen atoms in total. The fraction of sp³-hybridized carbons (Fsp3) is 0.625. The third-order valence-electron chi connectivity index (χ3n) is 4.21. The summed E-state index contributed by atoms with van der Waals surface area (Å²) < 4.78 is 0. The number of benzene rings is 1. The zero-order valence-electron chi connectivity index (χ0n) is 13.4. The summed E-state index contributed by atoms with van der Waals surface area (Å²) in [7, 11) is 5.96. The van der Waals surface area contributed by atoms with Gasteiger partial charge in [-0.25, -0.2) is 0 Å². The van der Waals surface area contributed by atoms with E-state index in [1.54, 1.807) is 0 Å². The van der Waals surface area contributed by atoms with Gasteiger partial charge in [-0.3, -0.25) is 0 Å². The summed E-state index contributed by atoms with van der Waals surface area (Å²) in [6.07, 6.45) is 0.473. The van der Waals surface area contributed by atoms with E-state index in [1.807, 2.05) is 46.3 Å². The minimum absolute atomic E-state index is 0.112. The summed E-state index contributed by atoms with van der Waals surface area (Å²) in [5, 5.41) is 23.3. The summed E-state index contributed by atoms with van der Waals surface area (Å²) in [6.45, 7) is 3.54.